The van der Waals surface area contributed by atoms with Crippen LogP contribution in [0.15, 0.2) is 50.5 Å². The Labute approximate surface area is 234 Å². The lowest BCUT2D eigenvalue weighted by atomic mass is 9.88. The number of hydrogen-bond donors (Lipinski definition) is 3. The number of β-amino-alcohol motifs (C(OH)–C–C–N with tert-alkyl or cyclic N) is 1. The minimum Gasteiger partial charge on any atom is -0.395 e. The zero-order chi connectivity index (χ0) is 27.4. The summed E-state index contributed by atoms with van der Waals surface area (Å²) in [5.41, 5.74) is 9.69. The van der Waals surface area contributed by atoms with Gasteiger partial charge in [0.05, 0.1) is 18.0 Å². The van der Waals surface area contributed by atoms with E-state index in [1.165, 1.54) is 46.5 Å². The molecular formula is C32H46N6O. The fraction of sp³-hybridized carbons (Fsp3) is 0.594. The van der Waals surface area contributed by atoms with Crippen LogP contribution in [0.1, 0.15) is 81.9 Å². The number of dihydropyridines is 2. The number of nitrogens with one attached hydrogen (secondary N) is 2. The molecule has 5 rings (SSSR count). The molecule has 210 valence electrons. The van der Waals surface area contributed by atoms with Gasteiger partial charge in [-0.05, 0) is 87.9 Å². The molecule has 4 aliphatic rings. The van der Waals surface area contributed by atoms with Crippen LogP contribution in [-0.2, 0) is 0 Å². The molecule has 0 saturated carbocycles. The lowest BCUT2D eigenvalue weighted by Crippen LogP contribution is -2.40. The molecule has 0 spiro atoms. The fourth-order valence-electron chi connectivity index (χ4n) is 6.39. The van der Waals surface area contributed by atoms with Gasteiger partial charge in [0.25, 0.3) is 0 Å². The number of aliphatic imine (C=N–C) groups is 3. The predicted molar refractivity (Wildman–Crippen MR) is 163 cm³/mol. The molecule has 0 aliphatic carbocycles. The second kappa shape index (κ2) is 12.7. The number of fused-ring (bicyclic) bond motifs is 1. The van der Waals surface area contributed by atoms with E-state index in [0.717, 1.165) is 63.3 Å². The van der Waals surface area contributed by atoms with E-state index >= 15 is 0 Å². The van der Waals surface area contributed by atoms with Gasteiger partial charge in [-0.25, -0.2) is 0 Å². The van der Waals surface area contributed by atoms with Crippen LogP contribution >= 0.6 is 0 Å². The first-order chi connectivity index (χ1) is 18.9. The van der Waals surface area contributed by atoms with Crippen LogP contribution in [0.5, 0.6) is 0 Å². The monoisotopic (exact) mass is 530 g/mol. The largest absolute Gasteiger partial charge is 0.395 e. The van der Waals surface area contributed by atoms with Crippen LogP contribution < -0.4 is 10.6 Å². The van der Waals surface area contributed by atoms with Gasteiger partial charge in [0.15, 0.2) is 0 Å². The summed E-state index contributed by atoms with van der Waals surface area (Å²) in [7, 11) is 0. The molecule has 4 aliphatic heterocycles. The van der Waals surface area contributed by atoms with Crippen molar-refractivity contribution in [2.45, 2.75) is 84.5 Å². The van der Waals surface area contributed by atoms with Gasteiger partial charge in [-0.15, -0.1) is 0 Å². The molecule has 0 aromatic heterocycles. The van der Waals surface area contributed by atoms with Crippen molar-refractivity contribution in [1.82, 2.24) is 15.5 Å². The Morgan fingerprint density at radius 1 is 1.05 bits per heavy atom. The van der Waals surface area contributed by atoms with E-state index < -0.39 is 0 Å². The molecule has 1 aromatic carbocycles. The molecule has 1 fully saturated rings. The van der Waals surface area contributed by atoms with Gasteiger partial charge in [0, 0.05) is 55.0 Å². The highest BCUT2D eigenvalue weighted by Gasteiger charge is 2.27. The van der Waals surface area contributed by atoms with Gasteiger partial charge in [-0.3, -0.25) is 20.3 Å². The predicted octanol–water partition coefficient (Wildman–Crippen LogP) is 5.02. The van der Waals surface area contributed by atoms with Crippen molar-refractivity contribution < 1.29 is 5.11 Å². The van der Waals surface area contributed by atoms with E-state index in [-0.39, 0.29) is 18.9 Å². The van der Waals surface area contributed by atoms with E-state index in [0.29, 0.717) is 11.8 Å². The number of allylic oxidation sites excluding steroid dienone is 2. The summed E-state index contributed by atoms with van der Waals surface area (Å²) in [5.74, 6) is 1.11. The standard InChI is InChI=1S/C32H46N6O/c1-5-6-27-23(4)35-32-22(3)17-25(18-28(27)32)31-21(2)7-9-30(37-31)36-29-10-8-26(20-34-29)33-19-24-11-13-38(14-12-24)15-16-39/h7-8,17-18,20,24,27,29-30,33,36,39H,5-6,9-16,19H2,1-4H3. The molecule has 3 unspecified atom stereocenters. The summed E-state index contributed by atoms with van der Waals surface area (Å²) in [6.07, 6.45) is 13.1. The second-order valence-electron chi connectivity index (χ2n) is 11.7. The van der Waals surface area contributed by atoms with E-state index in [1.807, 2.05) is 6.21 Å². The van der Waals surface area contributed by atoms with Gasteiger partial charge in [0.1, 0.15) is 12.3 Å². The summed E-state index contributed by atoms with van der Waals surface area (Å²) in [6, 6.07) is 4.61. The molecular weight excluding hydrogens is 484 g/mol. The summed E-state index contributed by atoms with van der Waals surface area (Å²) in [4.78, 5) is 17.3. The number of aryl methyl sites for hydroxylation is 1. The van der Waals surface area contributed by atoms with Crippen LogP contribution in [0.4, 0.5) is 5.69 Å². The van der Waals surface area contributed by atoms with Gasteiger partial charge in [-0.2, -0.15) is 0 Å². The average Bonchev–Trinajstić information content (AvgIpc) is 3.26. The Morgan fingerprint density at radius 2 is 1.85 bits per heavy atom. The second-order valence-corrected chi connectivity index (χ2v) is 11.7. The number of likely N-dealkylation sites (tertiary alicyclic amines) is 1. The average molecular weight is 531 g/mol. The third-order valence-electron chi connectivity index (χ3n) is 8.71. The molecule has 0 radical (unpaired) electrons. The number of aliphatic hydroxyl groups is 1. The van der Waals surface area contributed by atoms with Crippen molar-refractivity contribution in [3.63, 3.8) is 0 Å². The summed E-state index contributed by atoms with van der Waals surface area (Å²) >= 11 is 0. The Bertz CT molecular complexity index is 1190. The molecule has 0 bridgehead atoms. The SMILES string of the molecule is CCCC1C(C)=Nc2c(C)cc(C3=NC(NC4CC=C(NCC5CCN(CCO)CC5)C=N4)CC=C3C)cc21. The maximum atomic E-state index is 9.14. The van der Waals surface area contributed by atoms with Crippen molar-refractivity contribution in [3.05, 3.63) is 52.2 Å². The van der Waals surface area contributed by atoms with Crippen LogP contribution in [0.25, 0.3) is 0 Å². The van der Waals surface area contributed by atoms with Crippen LogP contribution in [0, 0.1) is 12.8 Å². The van der Waals surface area contributed by atoms with Crippen LogP contribution in [-0.4, -0.2) is 72.8 Å². The lowest BCUT2D eigenvalue weighted by Gasteiger charge is -2.32. The minimum atomic E-state index is 0.0239. The van der Waals surface area contributed by atoms with Gasteiger partial charge in [0.2, 0.25) is 0 Å². The summed E-state index contributed by atoms with van der Waals surface area (Å²) in [5, 5.41) is 16.4. The number of benzene rings is 1. The zero-order valence-electron chi connectivity index (χ0n) is 24.2. The Kier molecular flexibility index (Phi) is 9.10. The van der Waals surface area contributed by atoms with E-state index in [9.17, 15) is 0 Å². The molecule has 3 N–H and O–H groups in total. The normalized spacial score (nSPS) is 25.6. The van der Waals surface area contributed by atoms with Crippen LogP contribution in [0.2, 0.25) is 0 Å². The quantitative estimate of drug-likeness (QED) is 0.397. The summed E-state index contributed by atoms with van der Waals surface area (Å²) < 4.78 is 0. The molecule has 7 heteroatoms. The van der Waals surface area contributed by atoms with Crippen LogP contribution in [0.3, 0.4) is 0 Å². The summed E-state index contributed by atoms with van der Waals surface area (Å²) in [6.45, 7) is 13.0. The number of hydrogen-bond acceptors (Lipinski definition) is 7. The molecule has 0 amide bonds. The molecule has 3 atom stereocenters. The molecule has 7 nitrogen and oxygen atoms in total. The first kappa shape index (κ1) is 27.9. The van der Waals surface area contributed by atoms with E-state index in [4.69, 9.17) is 20.1 Å². The van der Waals surface area contributed by atoms with Crippen molar-refractivity contribution in [1.29, 1.82) is 0 Å². The third-order valence-corrected chi connectivity index (χ3v) is 8.71. The number of rotatable bonds is 10. The first-order valence-corrected chi connectivity index (χ1v) is 15.0. The number of aliphatic hydroxyl groups excluding tert-OH is 1. The highest BCUT2D eigenvalue weighted by molar-refractivity contribution is 6.13. The molecule has 39 heavy (non-hydrogen) atoms. The third kappa shape index (κ3) is 6.59. The fourth-order valence-corrected chi connectivity index (χ4v) is 6.39. The smallest absolute Gasteiger partial charge is 0.105 e. The highest BCUT2D eigenvalue weighted by atomic mass is 16.3. The Morgan fingerprint density at radius 3 is 2.56 bits per heavy atom. The zero-order valence-corrected chi connectivity index (χ0v) is 24.2. The Hall–Kier alpha value is -2.61. The topological polar surface area (TPSA) is 84.6 Å². The van der Waals surface area contributed by atoms with Crippen molar-refractivity contribution in [2.24, 2.45) is 20.9 Å². The van der Waals surface area contributed by atoms with Crippen molar-refractivity contribution in [3.8, 4) is 0 Å². The van der Waals surface area contributed by atoms with E-state index in [2.05, 4.69) is 67.5 Å². The molecule has 1 aromatic rings. The maximum absolute atomic E-state index is 9.14. The number of piperidine rings is 1. The Balaban J connectivity index is 1.17. The van der Waals surface area contributed by atoms with E-state index in [1.54, 1.807) is 0 Å². The first-order valence-electron chi connectivity index (χ1n) is 15.0. The van der Waals surface area contributed by atoms with Crippen molar-refractivity contribution in [2.75, 3.05) is 32.8 Å². The molecule has 4 heterocycles. The highest BCUT2D eigenvalue weighted by Crippen LogP contribution is 2.41. The lowest BCUT2D eigenvalue weighted by molar-refractivity contribution is 0.148. The van der Waals surface area contributed by atoms with Gasteiger partial charge in [-0.1, -0.05) is 25.5 Å². The maximum Gasteiger partial charge on any atom is 0.105 e. The number of nitrogens with zero attached hydrogens (tertiary/aromatic N) is 4. The minimum absolute atomic E-state index is 0.0239. The molecule has 1 saturated heterocycles. The van der Waals surface area contributed by atoms with Crippen molar-refractivity contribution >= 4 is 23.3 Å². The van der Waals surface area contributed by atoms with Gasteiger partial charge >= 0.3 is 0 Å². The van der Waals surface area contributed by atoms with Gasteiger partial charge < -0.3 is 15.3 Å².